The van der Waals surface area contributed by atoms with E-state index >= 15 is 0 Å². The number of carbonyl (C=O) groups excluding carboxylic acids is 1. The molecule has 3 rings (SSSR count). The van der Waals surface area contributed by atoms with Crippen LogP contribution < -0.4 is 5.14 Å². The largest absolute Gasteiger partial charge is 0.465 e. The van der Waals surface area contributed by atoms with Crippen LogP contribution in [0.5, 0.6) is 0 Å². The van der Waals surface area contributed by atoms with E-state index in [4.69, 9.17) is 9.88 Å². The number of aromatic nitrogens is 1. The molecule has 6 nitrogen and oxygen atoms in total. The molecule has 2 heterocycles. The number of sulfonamides is 1. The highest BCUT2D eigenvalue weighted by Crippen LogP contribution is 2.29. The maximum absolute atomic E-state index is 12.0. The summed E-state index contributed by atoms with van der Waals surface area (Å²) in [6, 6.07) is 9.74. The zero-order valence-corrected chi connectivity index (χ0v) is 11.9. The molecule has 2 N–H and O–H groups in total. The summed E-state index contributed by atoms with van der Waals surface area (Å²) in [6.45, 7) is 0. The second kappa shape index (κ2) is 4.57. The summed E-state index contributed by atoms with van der Waals surface area (Å²) in [7, 11) is -2.50. The molecule has 0 bridgehead atoms. The van der Waals surface area contributed by atoms with E-state index in [9.17, 15) is 13.2 Å². The number of pyridine rings is 1. The Kier molecular flexibility index (Phi) is 2.96. The number of fused-ring (bicyclic) bond motifs is 3. The van der Waals surface area contributed by atoms with Crippen LogP contribution >= 0.6 is 0 Å². The molecule has 0 radical (unpaired) electrons. The van der Waals surface area contributed by atoms with Crippen LogP contribution in [0.1, 0.15) is 10.4 Å². The van der Waals surface area contributed by atoms with Crippen LogP contribution in [-0.2, 0) is 14.8 Å². The van der Waals surface area contributed by atoms with Crippen molar-refractivity contribution in [2.24, 2.45) is 5.14 Å². The molecule has 0 aliphatic heterocycles. The average Bonchev–Trinajstić information content (AvgIpc) is 2.79. The third-order valence-electron chi connectivity index (χ3n) is 3.33. The minimum Gasteiger partial charge on any atom is -0.465 e. The first-order chi connectivity index (χ1) is 9.93. The van der Waals surface area contributed by atoms with E-state index in [-0.39, 0.29) is 4.90 Å². The molecule has 0 aliphatic rings. The Hall–Kier alpha value is -2.38. The van der Waals surface area contributed by atoms with Gasteiger partial charge in [0.15, 0.2) is 0 Å². The first-order valence-electron chi connectivity index (χ1n) is 6.07. The lowest BCUT2D eigenvalue weighted by molar-refractivity contribution is 0.0605. The number of esters is 1. The molecule has 2 aromatic heterocycles. The van der Waals surface area contributed by atoms with Gasteiger partial charge in [0.1, 0.15) is 0 Å². The van der Waals surface area contributed by atoms with Crippen LogP contribution in [0.25, 0.3) is 16.4 Å². The Balaban J connectivity index is 2.49. The van der Waals surface area contributed by atoms with Crippen LogP contribution in [0.3, 0.4) is 0 Å². The van der Waals surface area contributed by atoms with Crippen LogP contribution in [0, 0.1) is 0 Å². The highest BCUT2D eigenvalue weighted by Gasteiger charge is 2.20. The van der Waals surface area contributed by atoms with Gasteiger partial charge in [0.2, 0.25) is 10.0 Å². The smallest absolute Gasteiger partial charge is 0.340 e. The van der Waals surface area contributed by atoms with Crippen molar-refractivity contribution >= 4 is 32.4 Å². The Morgan fingerprint density at radius 2 is 1.95 bits per heavy atom. The molecule has 108 valence electrons. The van der Waals surface area contributed by atoms with E-state index in [1.54, 1.807) is 34.9 Å². The first-order valence-corrected chi connectivity index (χ1v) is 7.62. The normalized spacial score (nSPS) is 11.9. The molecule has 1 aromatic carbocycles. The number of benzene rings is 1. The van der Waals surface area contributed by atoms with Gasteiger partial charge in [-0.15, -0.1) is 0 Å². The quantitative estimate of drug-likeness (QED) is 0.727. The number of hydrogen-bond donors (Lipinski definition) is 1. The fourth-order valence-electron chi connectivity index (χ4n) is 2.41. The maximum Gasteiger partial charge on any atom is 0.340 e. The lowest BCUT2D eigenvalue weighted by atomic mass is 10.1. The highest BCUT2D eigenvalue weighted by atomic mass is 32.2. The van der Waals surface area contributed by atoms with Gasteiger partial charge in [0, 0.05) is 11.6 Å². The molecule has 0 saturated carbocycles. The van der Waals surface area contributed by atoms with Crippen molar-refractivity contribution in [3.63, 3.8) is 0 Å². The van der Waals surface area contributed by atoms with E-state index in [1.165, 1.54) is 19.2 Å². The second-order valence-electron chi connectivity index (χ2n) is 4.55. The standard InChI is InChI=1S/C14H12N2O4S/c1-20-14(17)13-10-6-5-9(21(15,18)19)8-12(10)16-7-3-2-4-11(13)16/h2-8H,1H3,(H2,15,18,19). The summed E-state index contributed by atoms with van der Waals surface area (Å²) in [6.07, 6.45) is 1.75. The first kappa shape index (κ1) is 13.6. The monoisotopic (exact) mass is 304 g/mol. The molecular weight excluding hydrogens is 292 g/mol. The van der Waals surface area contributed by atoms with Crippen molar-refractivity contribution in [1.82, 2.24) is 4.40 Å². The van der Waals surface area contributed by atoms with E-state index in [2.05, 4.69) is 0 Å². The summed E-state index contributed by atoms with van der Waals surface area (Å²) in [5.74, 6) is -0.475. The van der Waals surface area contributed by atoms with Crippen LogP contribution in [0.4, 0.5) is 0 Å². The Morgan fingerprint density at radius 3 is 2.62 bits per heavy atom. The molecule has 0 atom stereocenters. The van der Waals surface area contributed by atoms with Gasteiger partial charge in [-0.3, -0.25) is 0 Å². The number of ether oxygens (including phenoxy) is 1. The molecule has 7 heteroatoms. The fourth-order valence-corrected chi connectivity index (χ4v) is 2.94. The predicted octanol–water partition coefficient (Wildman–Crippen LogP) is 1.53. The van der Waals surface area contributed by atoms with Gasteiger partial charge >= 0.3 is 5.97 Å². The van der Waals surface area contributed by atoms with Crippen LogP contribution in [0.2, 0.25) is 0 Å². The number of nitrogens with zero attached hydrogens (tertiary/aromatic N) is 1. The Bertz CT molecular complexity index is 973. The van der Waals surface area contributed by atoms with Gasteiger partial charge in [0.25, 0.3) is 0 Å². The minimum absolute atomic E-state index is 0.00494. The zero-order chi connectivity index (χ0) is 15.2. The lowest BCUT2D eigenvalue weighted by Gasteiger charge is -2.00. The van der Waals surface area contributed by atoms with Gasteiger partial charge in [-0.25, -0.2) is 18.4 Å². The number of carbonyl (C=O) groups is 1. The van der Waals surface area contributed by atoms with Gasteiger partial charge in [-0.1, -0.05) is 12.1 Å². The van der Waals surface area contributed by atoms with Gasteiger partial charge in [-0.05, 0) is 24.3 Å². The molecule has 3 aromatic rings. The Morgan fingerprint density at radius 1 is 1.19 bits per heavy atom. The molecular formula is C14H12N2O4S. The molecule has 0 amide bonds. The van der Waals surface area contributed by atoms with Gasteiger partial charge in [-0.2, -0.15) is 0 Å². The van der Waals surface area contributed by atoms with E-state index in [0.717, 1.165) is 0 Å². The molecule has 0 unspecified atom stereocenters. The number of rotatable bonds is 2. The molecule has 0 saturated heterocycles. The van der Waals surface area contributed by atoms with Crippen molar-refractivity contribution in [1.29, 1.82) is 0 Å². The SMILES string of the molecule is COC(=O)c1c2ccc(S(N)(=O)=O)cc2n2ccccc12. The highest BCUT2D eigenvalue weighted by molar-refractivity contribution is 7.89. The van der Waals surface area contributed by atoms with Crippen LogP contribution in [-0.4, -0.2) is 25.9 Å². The van der Waals surface area contributed by atoms with Crippen molar-refractivity contribution in [2.75, 3.05) is 7.11 Å². The lowest BCUT2D eigenvalue weighted by Crippen LogP contribution is -2.11. The maximum atomic E-state index is 12.0. The number of nitrogens with two attached hydrogens (primary N) is 1. The van der Waals surface area contributed by atoms with Crippen molar-refractivity contribution < 1.29 is 17.9 Å². The van der Waals surface area contributed by atoms with Crippen molar-refractivity contribution in [2.45, 2.75) is 4.90 Å². The summed E-state index contributed by atoms with van der Waals surface area (Å²) in [5, 5.41) is 5.77. The molecule has 21 heavy (non-hydrogen) atoms. The average molecular weight is 304 g/mol. The van der Waals surface area contributed by atoms with E-state index in [1.807, 2.05) is 0 Å². The van der Waals surface area contributed by atoms with E-state index < -0.39 is 16.0 Å². The summed E-state index contributed by atoms with van der Waals surface area (Å²) in [5.41, 5.74) is 1.62. The predicted molar refractivity (Wildman–Crippen MR) is 77.6 cm³/mol. The third kappa shape index (κ3) is 2.07. The molecule has 0 aliphatic carbocycles. The van der Waals surface area contributed by atoms with Crippen LogP contribution in [0.15, 0.2) is 47.5 Å². The number of methoxy groups -OCH3 is 1. The topological polar surface area (TPSA) is 90.9 Å². The summed E-state index contributed by atoms with van der Waals surface area (Å²) >= 11 is 0. The summed E-state index contributed by atoms with van der Waals surface area (Å²) in [4.78, 5) is 12.0. The number of primary sulfonamides is 1. The number of hydrogen-bond acceptors (Lipinski definition) is 4. The van der Waals surface area contributed by atoms with Crippen molar-refractivity contribution in [3.8, 4) is 0 Å². The van der Waals surface area contributed by atoms with E-state index in [0.29, 0.717) is 22.0 Å². The second-order valence-corrected chi connectivity index (χ2v) is 6.11. The Labute approximate surface area is 120 Å². The molecule has 0 spiro atoms. The summed E-state index contributed by atoms with van der Waals surface area (Å²) < 4.78 is 29.5. The zero-order valence-electron chi connectivity index (χ0n) is 11.1. The fraction of sp³-hybridized carbons (Fsp3) is 0.0714. The third-order valence-corrected chi connectivity index (χ3v) is 4.24. The molecule has 0 fully saturated rings. The van der Waals surface area contributed by atoms with Gasteiger partial charge in [0.05, 0.1) is 28.6 Å². The minimum atomic E-state index is -3.81. The van der Waals surface area contributed by atoms with Gasteiger partial charge < -0.3 is 9.14 Å². The van der Waals surface area contributed by atoms with Crippen molar-refractivity contribution in [3.05, 3.63) is 48.2 Å².